The molecule has 9 atom stereocenters. The number of hydrogen-bond acceptors (Lipinski definition) is 14. The number of phosphoric acid groups is 1. The third-order valence-corrected chi connectivity index (χ3v) is 11.1. The molecule has 2 aliphatic heterocycles. The Morgan fingerprint density at radius 3 is 1.56 bits per heavy atom. The van der Waals surface area contributed by atoms with Gasteiger partial charge in [0.25, 0.3) is 0 Å². The molecule has 0 amide bonds. The molecule has 2 aromatic heterocycles. The zero-order chi connectivity index (χ0) is 40.2. The van der Waals surface area contributed by atoms with Gasteiger partial charge in [0.05, 0.1) is 0 Å². The second-order valence-corrected chi connectivity index (χ2v) is 16.1. The summed E-state index contributed by atoms with van der Waals surface area (Å²) in [6.07, 6.45) is 7.96. The van der Waals surface area contributed by atoms with E-state index >= 15 is 0 Å². The van der Waals surface area contributed by atoms with Crippen LogP contribution in [0.4, 0.5) is 11.6 Å². The third kappa shape index (κ3) is 12.4. The van der Waals surface area contributed by atoms with Crippen LogP contribution < -0.4 is 22.4 Å². The van der Waals surface area contributed by atoms with Crippen LogP contribution in [0.25, 0.3) is 0 Å². The van der Waals surface area contributed by atoms with Crippen LogP contribution in [-0.4, -0.2) is 98.1 Å². The molecule has 2 saturated heterocycles. The Labute approximate surface area is 321 Å². The number of hydrogen-bond donors (Lipinski definition) is 8. The molecule has 19 heteroatoms. The van der Waals surface area contributed by atoms with Crippen molar-refractivity contribution < 1.29 is 48.8 Å². The summed E-state index contributed by atoms with van der Waals surface area (Å²) in [7, 11) is -5.47. The summed E-state index contributed by atoms with van der Waals surface area (Å²) in [5.74, 6) is 0.156. The highest BCUT2D eigenvalue weighted by atomic mass is 31.2. The fourth-order valence-electron chi connectivity index (χ4n) is 7.46. The van der Waals surface area contributed by atoms with Gasteiger partial charge in [-0.1, -0.05) is 103 Å². The van der Waals surface area contributed by atoms with E-state index in [2.05, 4.69) is 22.2 Å². The van der Waals surface area contributed by atoms with Gasteiger partial charge in [0, 0.05) is 18.9 Å². The fraction of sp³-hybridized carbons (Fsp3) is 0.778. The number of rotatable bonds is 24. The predicted molar refractivity (Wildman–Crippen MR) is 203 cm³/mol. The summed E-state index contributed by atoms with van der Waals surface area (Å²) in [4.78, 5) is 52.8. The molecule has 0 bridgehead atoms. The maximum atomic E-state index is 13.1. The van der Waals surface area contributed by atoms with Gasteiger partial charge in [-0.15, -0.1) is 0 Å². The predicted octanol–water partition coefficient (Wildman–Crippen LogP) is 2.86. The van der Waals surface area contributed by atoms with E-state index < -0.39 is 73.9 Å². The van der Waals surface area contributed by atoms with Crippen LogP contribution in [0.5, 0.6) is 0 Å². The Kier molecular flexibility index (Phi) is 17.3. The van der Waals surface area contributed by atoms with Crippen molar-refractivity contribution in [3.8, 4) is 0 Å². The normalized spacial score (nSPS) is 26.7. The number of nitrogens with zero attached hydrogens (tertiary/aromatic N) is 4. The minimum absolute atomic E-state index is 0.132. The maximum Gasteiger partial charge on any atom is 0.470 e. The number of anilines is 2. The lowest BCUT2D eigenvalue weighted by atomic mass is 9.85. The molecule has 312 valence electrons. The summed E-state index contributed by atoms with van der Waals surface area (Å²) < 4.78 is 30.5. The number of nitrogen functional groups attached to an aromatic ring is 1. The van der Waals surface area contributed by atoms with Gasteiger partial charge in [0.1, 0.15) is 53.9 Å². The van der Waals surface area contributed by atoms with E-state index in [4.69, 9.17) is 19.7 Å². The van der Waals surface area contributed by atoms with Crippen LogP contribution in [0.3, 0.4) is 0 Å². The first-order chi connectivity index (χ1) is 26.2. The van der Waals surface area contributed by atoms with Gasteiger partial charge in [-0.3, -0.25) is 13.7 Å². The van der Waals surface area contributed by atoms with Crippen molar-refractivity contribution in [2.75, 3.05) is 17.6 Å². The van der Waals surface area contributed by atoms with E-state index in [-0.39, 0.29) is 11.6 Å². The van der Waals surface area contributed by atoms with Crippen LogP contribution in [0, 0.1) is 0 Å². The number of aliphatic hydroxyl groups is 4. The fourth-order valence-corrected chi connectivity index (χ4v) is 8.18. The first-order valence-corrected chi connectivity index (χ1v) is 21.2. The molecule has 4 rings (SSSR count). The van der Waals surface area contributed by atoms with E-state index in [1.165, 1.54) is 102 Å². The standard InChI is InChI=1S/C36H61N6O12P/c1-3-4-5-6-7-8-9-10-11-12-13-14-15-16-17-18-21-38-25-20-23-42(35(48)40-25)33-29(46)27(44)31(53-33)36(2,54-55(49,50)51)30-26(43)28(45)32(52-30)41-22-19-24(37)39-34(41)47/h19-20,22-23,26-33,43-46H,3-18,21H2,1-2H3,(H2,37,39,47)(H,38,40,48)(H2,49,50,51). The molecule has 18 nitrogen and oxygen atoms in total. The second kappa shape index (κ2) is 21.1. The molecule has 2 aliphatic rings. The Morgan fingerprint density at radius 2 is 1.15 bits per heavy atom. The molecule has 4 heterocycles. The summed E-state index contributed by atoms with van der Waals surface area (Å²) in [5, 5.41) is 47.1. The average Bonchev–Trinajstić information content (AvgIpc) is 3.59. The number of phosphoric ester groups is 1. The summed E-state index contributed by atoms with van der Waals surface area (Å²) in [6, 6.07) is 2.71. The molecular weight excluding hydrogens is 739 g/mol. The number of aliphatic hydroxyl groups excluding tert-OH is 4. The molecule has 9 N–H and O–H groups in total. The van der Waals surface area contributed by atoms with Crippen molar-refractivity contribution in [2.24, 2.45) is 0 Å². The maximum absolute atomic E-state index is 13.1. The van der Waals surface area contributed by atoms with Crippen LogP contribution in [0.1, 0.15) is 129 Å². The van der Waals surface area contributed by atoms with Gasteiger partial charge < -0.3 is 50.7 Å². The van der Waals surface area contributed by atoms with Gasteiger partial charge in [-0.2, -0.15) is 9.97 Å². The van der Waals surface area contributed by atoms with Crippen molar-refractivity contribution in [2.45, 2.75) is 171 Å². The number of nitrogens with two attached hydrogens (primary N) is 1. The minimum atomic E-state index is -5.47. The number of unbranched alkanes of at least 4 members (excludes halogenated alkanes) is 15. The second-order valence-electron chi connectivity index (χ2n) is 14.9. The van der Waals surface area contributed by atoms with Crippen molar-refractivity contribution >= 4 is 19.5 Å². The van der Waals surface area contributed by atoms with Crippen molar-refractivity contribution in [1.29, 1.82) is 0 Å². The lowest BCUT2D eigenvalue weighted by Gasteiger charge is -2.41. The molecule has 0 spiro atoms. The Hall–Kier alpha value is -2.77. The highest BCUT2D eigenvalue weighted by Gasteiger charge is 2.63. The van der Waals surface area contributed by atoms with Gasteiger partial charge in [0.15, 0.2) is 12.5 Å². The highest BCUT2D eigenvalue weighted by Crippen LogP contribution is 2.51. The summed E-state index contributed by atoms with van der Waals surface area (Å²) in [6.45, 7) is 3.86. The van der Waals surface area contributed by atoms with E-state index in [0.717, 1.165) is 41.5 Å². The van der Waals surface area contributed by atoms with Crippen LogP contribution >= 0.6 is 7.82 Å². The monoisotopic (exact) mass is 800 g/mol. The number of nitrogens with one attached hydrogen (secondary N) is 1. The van der Waals surface area contributed by atoms with Gasteiger partial charge in [0.2, 0.25) is 0 Å². The Balaban J connectivity index is 1.27. The highest BCUT2D eigenvalue weighted by molar-refractivity contribution is 7.46. The Bertz CT molecular complexity index is 1640. The van der Waals surface area contributed by atoms with E-state index in [9.17, 15) is 44.4 Å². The molecule has 0 aromatic carbocycles. The molecule has 0 aliphatic carbocycles. The van der Waals surface area contributed by atoms with Crippen LogP contribution in [0.2, 0.25) is 0 Å². The SMILES string of the molecule is CCCCCCCCCCCCCCCCCCNc1ccn(C2OC(C(C)(OP(=O)(O)O)C3OC(n4ccc(N)nc4=O)C(O)C3O)C(O)C2O)c(=O)n1. The first-order valence-electron chi connectivity index (χ1n) is 19.6. The number of ether oxygens (including phenoxy) is 2. The Morgan fingerprint density at radius 1 is 0.727 bits per heavy atom. The van der Waals surface area contributed by atoms with Crippen LogP contribution in [0.15, 0.2) is 34.1 Å². The average molecular weight is 801 g/mol. The molecule has 0 saturated carbocycles. The smallest absolute Gasteiger partial charge is 0.387 e. The first kappa shape index (κ1) is 44.9. The summed E-state index contributed by atoms with van der Waals surface area (Å²) in [5.41, 5.74) is 1.22. The van der Waals surface area contributed by atoms with E-state index in [1.807, 2.05) is 0 Å². The third-order valence-electron chi connectivity index (χ3n) is 10.5. The van der Waals surface area contributed by atoms with Crippen LogP contribution in [-0.2, 0) is 18.6 Å². The molecular formula is C36H61N6O12P. The molecule has 9 unspecified atom stereocenters. The zero-order valence-electron chi connectivity index (χ0n) is 31.9. The lowest BCUT2D eigenvalue weighted by molar-refractivity contribution is -0.198. The molecule has 2 fully saturated rings. The quantitative estimate of drug-likeness (QED) is 0.0560. The molecule has 55 heavy (non-hydrogen) atoms. The number of aromatic nitrogens is 4. The van der Waals surface area contributed by atoms with Crippen molar-refractivity contribution in [3.63, 3.8) is 0 Å². The van der Waals surface area contributed by atoms with Gasteiger partial charge >= 0.3 is 19.2 Å². The topological polar surface area (TPSA) is 274 Å². The van der Waals surface area contributed by atoms with E-state index in [1.54, 1.807) is 0 Å². The zero-order valence-corrected chi connectivity index (χ0v) is 32.8. The van der Waals surface area contributed by atoms with Crippen molar-refractivity contribution in [1.82, 2.24) is 19.1 Å². The van der Waals surface area contributed by atoms with E-state index in [0.29, 0.717) is 6.54 Å². The van der Waals surface area contributed by atoms with Crippen molar-refractivity contribution in [3.05, 3.63) is 45.5 Å². The summed E-state index contributed by atoms with van der Waals surface area (Å²) >= 11 is 0. The molecule has 2 aromatic rings. The lowest BCUT2D eigenvalue weighted by Crippen LogP contribution is -2.59. The molecule has 0 radical (unpaired) electrons. The van der Waals surface area contributed by atoms with Gasteiger partial charge in [-0.05, 0) is 25.5 Å². The largest absolute Gasteiger partial charge is 0.470 e. The minimum Gasteiger partial charge on any atom is -0.387 e. The van der Waals surface area contributed by atoms with Gasteiger partial charge in [-0.25, -0.2) is 14.2 Å².